The van der Waals surface area contributed by atoms with Gasteiger partial charge in [0.1, 0.15) is 0 Å². The van der Waals surface area contributed by atoms with E-state index in [-0.39, 0.29) is 5.54 Å². The highest BCUT2D eigenvalue weighted by Crippen LogP contribution is 2.29. The molecule has 0 amide bonds. The van der Waals surface area contributed by atoms with Crippen molar-refractivity contribution in [3.8, 4) is 11.1 Å². The number of carboxylic acids is 1. The van der Waals surface area contributed by atoms with E-state index >= 15 is 0 Å². The lowest BCUT2D eigenvalue weighted by molar-refractivity contribution is 0.0697. The van der Waals surface area contributed by atoms with Crippen LogP contribution >= 0.6 is 11.6 Å². The Hall–Kier alpha value is -3.66. The number of benzene rings is 4. The van der Waals surface area contributed by atoms with E-state index in [1.54, 1.807) is 12.1 Å². The minimum Gasteiger partial charge on any atom is -0.478 e. The number of carboxylic acid groups (broad SMARTS) is 1. The van der Waals surface area contributed by atoms with Crippen molar-refractivity contribution >= 4 is 23.1 Å². The lowest BCUT2D eigenvalue weighted by Gasteiger charge is -2.28. The SMILES string of the molecule is CC(C)=C(C)c1cc(C(C)(C)NCc2cccc(Cl)c2)ccc1C.CCc1ccc(-c2ccccc2C(=O)O)cc1. The molecule has 4 aromatic rings. The topological polar surface area (TPSA) is 49.3 Å². The Morgan fingerprint density at radius 1 is 0.829 bits per heavy atom. The molecule has 0 unspecified atom stereocenters. The molecule has 3 nitrogen and oxygen atoms in total. The first kappa shape index (κ1) is 31.9. The molecular formula is C37H42ClNO2. The number of rotatable bonds is 8. The first-order valence-electron chi connectivity index (χ1n) is 14.1. The summed E-state index contributed by atoms with van der Waals surface area (Å²) in [6.07, 6.45) is 0.987. The van der Waals surface area contributed by atoms with Crippen LogP contribution < -0.4 is 5.32 Å². The number of nitrogens with one attached hydrogen (secondary N) is 1. The Labute approximate surface area is 250 Å². The number of aromatic carboxylic acids is 1. The summed E-state index contributed by atoms with van der Waals surface area (Å²) in [6, 6.07) is 29.9. The summed E-state index contributed by atoms with van der Waals surface area (Å²) < 4.78 is 0. The van der Waals surface area contributed by atoms with Crippen LogP contribution in [-0.4, -0.2) is 11.1 Å². The Balaban J connectivity index is 0.000000239. The fourth-order valence-corrected chi connectivity index (χ4v) is 4.81. The normalized spacial score (nSPS) is 10.9. The van der Waals surface area contributed by atoms with Crippen molar-refractivity contribution in [2.45, 2.75) is 67.0 Å². The first-order chi connectivity index (χ1) is 19.4. The van der Waals surface area contributed by atoms with E-state index in [1.807, 2.05) is 54.6 Å². The molecule has 2 N–H and O–H groups in total. The van der Waals surface area contributed by atoms with Gasteiger partial charge in [0, 0.05) is 17.1 Å². The summed E-state index contributed by atoms with van der Waals surface area (Å²) in [7, 11) is 0. The fraction of sp³-hybridized carbons (Fsp3) is 0.270. The average molecular weight is 568 g/mol. The second-order valence-corrected chi connectivity index (χ2v) is 11.6. The van der Waals surface area contributed by atoms with Crippen molar-refractivity contribution < 1.29 is 9.90 Å². The Morgan fingerprint density at radius 2 is 1.51 bits per heavy atom. The third kappa shape index (κ3) is 8.66. The van der Waals surface area contributed by atoms with Crippen molar-refractivity contribution in [3.63, 3.8) is 0 Å². The van der Waals surface area contributed by atoms with Crippen LogP contribution in [0.1, 0.15) is 79.7 Å². The smallest absolute Gasteiger partial charge is 0.336 e. The molecule has 0 heterocycles. The number of hydrogen-bond acceptors (Lipinski definition) is 2. The summed E-state index contributed by atoms with van der Waals surface area (Å²) >= 11 is 6.08. The van der Waals surface area contributed by atoms with E-state index in [4.69, 9.17) is 16.7 Å². The van der Waals surface area contributed by atoms with Gasteiger partial charge in [-0.25, -0.2) is 4.79 Å². The van der Waals surface area contributed by atoms with Crippen molar-refractivity contribution in [3.05, 3.63) is 135 Å². The van der Waals surface area contributed by atoms with Gasteiger partial charge >= 0.3 is 5.97 Å². The van der Waals surface area contributed by atoms with Gasteiger partial charge in [-0.2, -0.15) is 0 Å². The number of aryl methyl sites for hydroxylation is 2. The highest BCUT2D eigenvalue weighted by atomic mass is 35.5. The van der Waals surface area contributed by atoms with Crippen LogP contribution in [0.4, 0.5) is 0 Å². The molecule has 0 aliphatic rings. The van der Waals surface area contributed by atoms with E-state index in [1.165, 1.54) is 39.0 Å². The zero-order valence-electron chi connectivity index (χ0n) is 25.3. The Bertz CT molecular complexity index is 1510. The van der Waals surface area contributed by atoms with Gasteiger partial charge in [-0.15, -0.1) is 0 Å². The molecule has 214 valence electrons. The van der Waals surface area contributed by atoms with Gasteiger partial charge < -0.3 is 10.4 Å². The third-order valence-corrected chi connectivity index (χ3v) is 7.80. The molecule has 0 spiro atoms. The standard InChI is InChI=1S/C22H28ClN.C15H14O2/c1-15(2)17(4)21-13-19(11-10-16(21)3)22(5,6)24-14-18-8-7-9-20(23)12-18;1-2-11-7-9-12(10-8-11)13-5-3-4-6-14(13)15(16)17/h7-13,24H,14H2,1-6H3;3-10H,2H2,1H3,(H,16,17). The maximum Gasteiger partial charge on any atom is 0.336 e. The van der Waals surface area contributed by atoms with E-state index < -0.39 is 5.97 Å². The van der Waals surface area contributed by atoms with E-state index in [0.29, 0.717) is 5.56 Å². The van der Waals surface area contributed by atoms with Gasteiger partial charge in [0.15, 0.2) is 0 Å². The number of hydrogen-bond donors (Lipinski definition) is 2. The second-order valence-electron chi connectivity index (χ2n) is 11.2. The molecule has 0 fully saturated rings. The minimum absolute atomic E-state index is 0.118. The summed E-state index contributed by atoms with van der Waals surface area (Å²) in [5.74, 6) is -0.889. The molecule has 0 bridgehead atoms. The number of carbonyl (C=O) groups is 1. The van der Waals surface area contributed by atoms with E-state index in [0.717, 1.165) is 29.1 Å². The molecule has 0 saturated heterocycles. The second kappa shape index (κ2) is 14.3. The molecule has 0 atom stereocenters. The largest absolute Gasteiger partial charge is 0.478 e. The summed E-state index contributed by atoms with van der Waals surface area (Å²) in [5.41, 5.74) is 11.1. The van der Waals surface area contributed by atoms with Gasteiger partial charge in [-0.3, -0.25) is 0 Å². The fourth-order valence-electron chi connectivity index (χ4n) is 4.60. The molecule has 0 aliphatic heterocycles. The zero-order chi connectivity index (χ0) is 30.2. The maximum atomic E-state index is 11.1. The van der Waals surface area contributed by atoms with Gasteiger partial charge in [-0.1, -0.05) is 90.8 Å². The predicted octanol–water partition coefficient (Wildman–Crippen LogP) is 10.1. The van der Waals surface area contributed by atoms with Crippen molar-refractivity contribution in [1.82, 2.24) is 5.32 Å². The Kier molecular flexibility index (Phi) is 11.1. The van der Waals surface area contributed by atoms with Crippen molar-refractivity contribution in [2.24, 2.45) is 0 Å². The summed E-state index contributed by atoms with van der Waals surface area (Å²) in [6.45, 7) is 16.1. The van der Waals surface area contributed by atoms with Crippen LogP contribution in [-0.2, 0) is 18.5 Å². The summed E-state index contributed by atoms with van der Waals surface area (Å²) in [5, 5.41) is 13.6. The van der Waals surface area contributed by atoms with E-state index in [9.17, 15) is 4.79 Å². The predicted molar refractivity (Wildman–Crippen MR) is 175 cm³/mol. The molecule has 4 rings (SSSR count). The van der Waals surface area contributed by atoms with Crippen LogP contribution in [0.2, 0.25) is 5.02 Å². The van der Waals surface area contributed by atoms with Crippen LogP contribution in [0.25, 0.3) is 16.7 Å². The molecular weight excluding hydrogens is 526 g/mol. The lowest BCUT2D eigenvalue weighted by Crippen LogP contribution is -2.36. The van der Waals surface area contributed by atoms with Crippen molar-refractivity contribution in [1.29, 1.82) is 0 Å². The molecule has 4 aromatic carbocycles. The third-order valence-electron chi connectivity index (χ3n) is 7.57. The van der Waals surface area contributed by atoms with Crippen LogP contribution in [0, 0.1) is 6.92 Å². The molecule has 4 heteroatoms. The van der Waals surface area contributed by atoms with Gasteiger partial charge in [0.2, 0.25) is 0 Å². The quantitative estimate of drug-likeness (QED) is 0.223. The molecule has 41 heavy (non-hydrogen) atoms. The minimum atomic E-state index is -0.889. The number of halogens is 1. The lowest BCUT2D eigenvalue weighted by atomic mass is 9.88. The first-order valence-corrected chi connectivity index (χ1v) is 14.5. The molecule has 0 aromatic heterocycles. The van der Waals surface area contributed by atoms with Crippen LogP contribution in [0.5, 0.6) is 0 Å². The zero-order valence-corrected chi connectivity index (χ0v) is 26.1. The van der Waals surface area contributed by atoms with Gasteiger partial charge in [0.05, 0.1) is 5.56 Å². The highest BCUT2D eigenvalue weighted by Gasteiger charge is 2.21. The number of allylic oxidation sites excluding steroid dienone is 2. The van der Waals surface area contributed by atoms with Gasteiger partial charge in [-0.05, 0) is 117 Å². The average Bonchev–Trinajstić information content (AvgIpc) is 2.96. The highest BCUT2D eigenvalue weighted by molar-refractivity contribution is 6.30. The summed E-state index contributed by atoms with van der Waals surface area (Å²) in [4.78, 5) is 11.1. The van der Waals surface area contributed by atoms with Gasteiger partial charge in [0.25, 0.3) is 0 Å². The Morgan fingerprint density at radius 3 is 2.12 bits per heavy atom. The maximum absolute atomic E-state index is 11.1. The monoisotopic (exact) mass is 567 g/mol. The van der Waals surface area contributed by atoms with Crippen LogP contribution in [0.15, 0.2) is 96.6 Å². The molecule has 0 radical (unpaired) electrons. The molecule has 0 saturated carbocycles. The molecule has 0 aliphatic carbocycles. The van der Waals surface area contributed by atoms with E-state index in [2.05, 4.69) is 78.0 Å². The van der Waals surface area contributed by atoms with Crippen molar-refractivity contribution in [2.75, 3.05) is 0 Å². The van der Waals surface area contributed by atoms with Crippen LogP contribution in [0.3, 0.4) is 0 Å².